The van der Waals surface area contributed by atoms with Crippen molar-refractivity contribution in [2.24, 2.45) is 0 Å². The highest BCUT2D eigenvalue weighted by Gasteiger charge is 2.52. The Balaban J connectivity index is 0.000000568. The van der Waals surface area contributed by atoms with Crippen molar-refractivity contribution in [3.63, 3.8) is 0 Å². The first-order chi connectivity index (χ1) is 14.3. The molecular weight excluding hydrogens is 348 g/mol. The van der Waals surface area contributed by atoms with E-state index in [0.717, 1.165) is 5.57 Å². The minimum absolute atomic E-state index is 0.293. The zero-order valence-corrected chi connectivity index (χ0v) is 18.0. The summed E-state index contributed by atoms with van der Waals surface area (Å²) in [6.07, 6.45) is 3.96. The second-order valence-corrected chi connectivity index (χ2v) is 6.68. The van der Waals surface area contributed by atoms with Crippen LogP contribution >= 0.6 is 0 Å². The normalized spacial score (nSPS) is 15.4. The van der Waals surface area contributed by atoms with Gasteiger partial charge in [0.1, 0.15) is 0 Å². The zero-order chi connectivity index (χ0) is 21.0. The van der Waals surface area contributed by atoms with Crippen LogP contribution in [0.4, 0.5) is 0 Å². The van der Waals surface area contributed by atoms with Crippen molar-refractivity contribution >= 4 is 5.57 Å². The molecule has 0 heterocycles. The summed E-state index contributed by atoms with van der Waals surface area (Å²) in [4.78, 5) is 0. The van der Waals surface area contributed by atoms with Crippen molar-refractivity contribution in [3.05, 3.63) is 126 Å². The van der Waals surface area contributed by atoms with Gasteiger partial charge >= 0.3 is 0 Å². The molecule has 0 saturated heterocycles. The fourth-order valence-electron chi connectivity index (χ4n) is 4.73. The molecule has 0 heteroatoms. The molecule has 1 spiro atoms. The third-order valence-corrected chi connectivity index (χ3v) is 5.64. The van der Waals surface area contributed by atoms with Gasteiger partial charge < -0.3 is 0 Å². The minimum Gasteiger partial charge on any atom is -0.0990 e. The van der Waals surface area contributed by atoms with E-state index in [-0.39, 0.29) is 5.41 Å². The Bertz CT molecular complexity index is 1030. The van der Waals surface area contributed by atoms with E-state index >= 15 is 0 Å². The van der Waals surface area contributed by atoms with E-state index in [0.29, 0.717) is 0 Å². The SMILES string of the molecule is C=C/C=C1\C(=C)C2(c3ccccc31)c1ccccc1-c1ccccc12.CC.CC. The van der Waals surface area contributed by atoms with Crippen LogP contribution in [0.15, 0.2) is 104 Å². The lowest BCUT2D eigenvalue weighted by Gasteiger charge is -2.30. The highest BCUT2D eigenvalue weighted by atomic mass is 14.5. The summed E-state index contributed by atoms with van der Waals surface area (Å²) in [5, 5.41) is 0. The predicted molar refractivity (Wildman–Crippen MR) is 128 cm³/mol. The molecule has 0 aliphatic heterocycles. The molecule has 146 valence electrons. The van der Waals surface area contributed by atoms with Crippen molar-refractivity contribution in [2.45, 2.75) is 33.1 Å². The average molecular weight is 379 g/mol. The number of hydrogen-bond donors (Lipinski definition) is 0. The number of fused-ring (bicyclic) bond motifs is 7. The Hall–Kier alpha value is -3.12. The summed E-state index contributed by atoms with van der Waals surface area (Å²) in [5.41, 5.74) is 9.93. The fraction of sp³-hybridized carbons (Fsp3) is 0.172. The summed E-state index contributed by atoms with van der Waals surface area (Å²) in [6, 6.07) is 26.2. The van der Waals surface area contributed by atoms with Gasteiger partial charge in [0, 0.05) is 0 Å². The summed E-state index contributed by atoms with van der Waals surface area (Å²) >= 11 is 0. The van der Waals surface area contributed by atoms with Crippen LogP contribution in [0.2, 0.25) is 0 Å². The largest absolute Gasteiger partial charge is 0.0990 e. The molecule has 0 unspecified atom stereocenters. The Morgan fingerprint density at radius 2 is 1.00 bits per heavy atom. The molecule has 0 aromatic heterocycles. The summed E-state index contributed by atoms with van der Waals surface area (Å²) in [5.74, 6) is 0. The molecule has 0 bridgehead atoms. The van der Waals surface area contributed by atoms with Gasteiger partial charge in [-0.3, -0.25) is 0 Å². The first-order valence-electron chi connectivity index (χ1n) is 10.6. The average Bonchev–Trinajstić information content (AvgIpc) is 3.24. The maximum Gasteiger partial charge on any atom is 0.0719 e. The van der Waals surface area contributed by atoms with Gasteiger partial charge in [-0.2, -0.15) is 0 Å². The van der Waals surface area contributed by atoms with Gasteiger partial charge in [-0.1, -0.05) is 126 Å². The summed E-state index contributed by atoms with van der Waals surface area (Å²) in [7, 11) is 0. The van der Waals surface area contributed by atoms with E-state index in [1.165, 1.54) is 39.0 Å². The van der Waals surface area contributed by atoms with Crippen LogP contribution in [0.25, 0.3) is 16.7 Å². The van der Waals surface area contributed by atoms with Crippen molar-refractivity contribution in [1.29, 1.82) is 0 Å². The number of benzene rings is 3. The van der Waals surface area contributed by atoms with Gasteiger partial charge in [0.25, 0.3) is 0 Å². The molecule has 29 heavy (non-hydrogen) atoms. The van der Waals surface area contributed by atoms with Crippen molar-refractivity contribution in [2.75, 3.05) is 0 Å². The lowest BCUT2D eigenvalue weighted by molar-refractivity contribution is 0.797. The van der Waals surface area contributed by atoms with Crippen LogP contribution in [-0.4, -0.2) is 0 Å². The summed E-state index contributed by atoms with van der Waals surface area (Å²) < 4.78 is 0. The van der Waals surface area contributed by atoms with Crippen LogP contribution in [-0.2, 0) is 5.41 Å². The van der Waals surface area contributed by atoms with Gasteiger partial charge in [-0.05, 0) is 44.5 Å². The molecule has 0 nitrogen and oxygen atoms in total. The third kappa shape index (κ3) is 2.75. The molecule has 0 saturated carbocycles. The van der Waals surface area contributed by atoms with Crippen LogP contribution < -0.4 is 0 Å². The Morgan fingerprint density at radius 1 is 0.621 bits per heavy atom. The van der Waals surface area contributed by atoms with Gasteiger partial charge in [-0.25, -0.2) is 0 Å². The van der Waals surface area contributed by atoms with Crippen LogP contribution in [0, 0.1) is 0 Å². The van der Waals surface area contributed by atoms with E-state index in [4.69, 9.17) is 0 Å². The van der Waals surface area contributed by atoms with E-state index in [1.807, 2.05) is 33.8 Å². The van der Waals surface area contributed by atoms with E-state index in [2.05, 4.69) is 92.0 Å². The monoisotopic (exact) mass is 378 g/mol. The van der Waals surface area contributed by atoms with Crippen LogP contribution in [0.1, 0.15) is 49.9 Å². The number of allylic oxidation sites excluding steroid dienone is 4. The Labute approximate surface area is 175 Å². The third-order valence-electron chi connectivity index (χ3n) is 5.64. The van der Waals surface area contributed by atoms with Crippen molar-refractivity contribution in [3.8, 4) is 11.1 Å². The Kier molecular flexibility index (Phi) is 6.03. The van der Waals surface area contributed by atoms with Gasteiger partial charge in [-0.15, -0.1) is 0 Å². The molecule has 3 aromatic carbocycles. The van der Waals surface area contributed by atoms with E-state index < -0.39 is 0 Å². The maximum atomic E-state index is 4.59. The quantitative estimate of drug-likeness (QED) is 0.400. The van der Waals surface area contributed by atoms with Gasteiger partial charge in [0.15, 0.2) is 0 Å². The number of hydrogen-bond acceptors (Lipinski definition) is 0. The molecule has 0 radical (unpaired) electrons. The molecule has 2 aliphatic carbocycles. The standard InChI is InChI=1S/C25H18.2C2H6/c1-3-10-18-17(2)25(22-14-7-4-11-19(18)22)23-15-8-5-12-20(23)21-13-6-9-16-24(21)25;2*1-2/h3-16H,1-2H2;2*1-2H3/b18-10+;;. The molecule has 2 aliphatic rings. The second-order valence-electron chi connectivity index (χ2n) is 6.68. The summed E-state index contributed by atoms with van der Waals surface area (Å²) in [6.45, 7) is 16.5. The maximum absolute atomic E-state index is 4.59. The van der Waals surface area contributed by atoms with E-state index in [9.17, 15) is 0 Å². The van der Waals surface area contributed by atoms with Gasteiger partial charge in [0.05, 0.1) is 5.41 Å². The topological polar surface area (TPSA) is 0 Å². The molecule has 3 aromatic rings. The zero-order valence-electron chi connectivity index (χ0n) is 18.0. The molecular formula is C29H30. The highest BCUT2D eigenvalue weighted by Crippen LogP contribution is 2.62. The van der Waals surface area contributed by atoms with Crippen LogP contribution in [0.5, 0.6) is 0 Å². The first-order valence-corrected chi connectivity index (χ1v) is 10.6. The fourth-order valence-corrected chi connectivity index (χ4v) is 4.73. The Morgan fingerprint density at radius 3 is 1.45 bits per heavy atom. The van der Waals surface area contributed by atoms with Gasteiger partial charge in [0.2, 0.25) is 0 Å². The molecule has 5 rings (SSSR count). The molecule has 0 fully saturated rings. The van der Waals surface area contributed by atoms with Crippen molar-refractivity contribution < 1.29 is 0 Å². The smallest absolute Gasteiger partial charge is 0.0719 e. The van der Waals surface area contributed by atoms with Crippen molar-refractivity contribution in [1.82, 2.24) is 0 Å². The first kappa shape index (κ1) is 20.6. The lowest BCUT2D eigenvalue weighted by atomic mass is 9.71. The molecule has 0 N–H and O–H groups in total. The molecule has 0 atom stereocenters. The van der Waals surface area contributed by atoms with E-state index in [1.54, 1.807) is 0 Å². The predicted octanol–water partition coefficient (Wildman–Crippen LogP) is 8.19. The minimum atomic E-state index is -0.293. The van der Waals surface area contributed by atoms with Crippen LogP contribution in [0.3, 0.4) is 0 Å². The lowest BCUT2D eigenvalue weighted by Crippen LogP contribution is -2.25. The highest BCUT2D eigenvalue weighted by molar-refractivity contribution is 5.99. The molecule has 0 amide bonds. The second kappa shape index (κ2) is 8.49. The number of rotatable bonds is 1.